The molecule has 0 atom stereocenters. The monoisotopic (exact) mass is 259 g/mol. The molecule has 1 amide bonds. The maximum absolute atomic E-state index is 11.8. The number of anilines is 1. The second-order valence-corrected chi connectivity index (χ2v) is 4.21. The van der Waals surface area contributed by atoms with Gasteiger partial charge < -0.3 is 10.1 Å². The molecule has 2 rings (SSSR count). The Kier molecular flexibility index (Phi) is 4.18. The van der Waals surface area contributed by atoms with Crippen LogP contribution >= 0.6 is 0 Å². The van der Waals surface area contributed by atoms with Crippen LogP contribution in [0, 0.1) is 0 Å². The zero-order chi connectivity index (χ0) is 13.7. The van der Waals surface area contributed by atoms with Gasteiger partial charge in [0.2, 0.25) is 5.91 Å². The summed E-state index contributed by atoms with van der Waals surface area (Å²) >= 11 is 0. The average molecular weight is 259 g/mol. The van der Waals surface area contributed by atoms with Gasteiger partial charge in [-0.2, -0.15) is 5.10 Å². The number of benzene rings is 1. The molecule has 0 radical (unpaired) electrons. The number of carbonyl (C=O) groups excluding carboxylic acids is 1. The predicted molar refractivity (Wildman–Crippen MR) is 73.3 cm³/mol. The SMILES string of the molecule is CCc1cc(NC(=O)Cc2ccc(OC)cc2)n[nH]1. The van der Waals surface area contributed by atoms with E-state index in [-0.39, 0.29) is 5.91 Å². The molecule has 100 valence electrons. The molecule has 0 bridgehead atoms. The number of amides is 1. The van der Waals surface area contributed by atoms with E-state index in [2.05, 4.69) is 15.5 Å². The lowest BCUT2D eigenvalue weighted by Gasteiger charge is -2.03. The van der Waals surface area contributed by atoms with Crippen molar-refractivity contribution in [2.24, 2.45) is 0 Å². The quantitative estimate of drug-likeness (QED) is 0.864. The molecular weight excluding hydrogens is 242 g/mol. The second kappa shape index (κ2) is 6.04. The Labute approximate surface area is 112 Å². The van der Waals surface area contributed by atoms with Gasteiger partial charge in [0.1, 0.15) is 5.75 Å². The first kappa shape index (κ1) is 13.1. The third-order valence-electron chi connectivity index (χ3n) is 2.80. The first-order chi connectivity index (χ1) is 9.21. The number of H-pyrrole nitrogens is 1. The summed E-state index contributed by atoms with van der Waals surface area (Å²) in [5.74, 6) is 1.26. The fourth-order valence-corrected chi connectivity index (χ4v) is 1.72. The number of nitrogens with one attached hydrogen (secondary N) is 2. The maximum Gasteiger partial charge on any atom is 0.229 e. The van der Waals surface area contributed by atoms with Crippen LogP contribution in [0.2, 0.25) is 0 Å². The largest absolute Gasteiger partial charge is 0.497 e. The third kappa shape index (κ3) is 3.58. The Morgan fingerprint density at radius 3 is 2.68 bits per heavy atom. The van der Waals surface area contributed by atoms with E-state index in [4.69, 9.17) is 4.74 Å². The van der Waals surface area contributed by atoms with Crippen molar-refractivity contribution < 1.29 is 9.53 Å². The number of nitrogens with zero attached hydrogens (tertiary/aromatic N) is 1. The number of hydrogen-bond acceptors (Lipinski definition) is 3. The summed E-state index contributed by atoms with van der Waals surface area (Å²) in [6.07, 6.45) is 1.18. The Balaban J connectivity index is 1.93. The van der Waals surface area contributed by atoms with Crippen molar-refractivity contribution >= 4 is 11.7 Å². The Morgan fingerprint density at radius 2 is 2.11 bits per heavy atom. The molecule has 2 aromatic rings. The number of aryl methyl sites for hydroxylation is 1. The molecular formula is C14H17N3O2. The zero-order valence-electron chi connectivity index (χ0n) is 11.1. The molecule has 0 aliphatic heterocycles. The molecule has 2 N–H and O–H groups in total. The first-order valence-corrected chi connectivity index (χ1v) is 6.18. The van der Waals surface area contributed by atoms with Crippen LogP contribution in [-0.4, -0.2) is 23.2 Å². The minimum Gasteiger partial charge on any atom is -0.497 e. The summed E-state index contributed by atoms with van der Waals surface area (Å²) in [4.78, 5) is 11.8. The van der Waals surface area contributed by atoms with Gasteiger partial charge in [0.05, 0.1) is 13.5 Å². The molecule has 5 nitrogen and oxygen atoms in total. The van der Waals surface area contributed by atoms with Crippen molar-refractivity contribution in [2.75, 3.05) is 12.4 Å². The van der Waals surface area contributed by atoms with Crippen LogP contribution in [-0.2, 0) is 17.6 Å². The highest BCUT2D eigenvalue weighted by Gasteiger charge is 2.06. The molecule has 0 spiro atoms. The zero-order valence-corrected chi connectivity index (χ0v) is 11.1. The van der Waals surface area contributed by atoms with Crippen LogP contribution in [0.25, 0.3) is 0 Å². The highest BCUT2D eigenvalue weighted by molar-refractivity contribution is 5.91. The Hall–Kier alpha value is -2.30. The van der Waals surface area contributed by atoms with Gasteiger partial charge in [0.15, 0.2) is 5.82 Å². The van der Waals surface area contributed by atoms with E-state index in [0.29, 0.717) is 12.2 Å². The molecule has 0 aliphatic carbocycles. The van der Waals surface area contributed by atoms with E-state index < -0.39 is 0 Å². The normalized spacial score (nSPS) is 10.2. The minimum absolute atomic E-state index is 0.0840. The average Bonchev–Trinajstić information content (AvgIpc) is 2.87. The molecule has 0 fully saturated rings. The molecule has 0 unspecified atom stereocenters. The fourth-order valence-electron chi connectivity index (χ4n) is 1.72. The fraction of sp³-hybridized carbons (Fsp3) is 0.286. The Bertz CT molecular complexity index is 546. The van der Waals surface area contributed by atoms with Crippen molar-refractivity contribution in [3.63, 3.8) is 0 Å². The summed E-state index contributed by atoms with van der Waals surface area (Å²) in [6, 6.07) is 9.27. The van der Waals surface area contributed by atoms with E-state index in [0.717, 1.165) is 23.4 Å². The standard InChI is InChI=1S/C14H17N3O2/c1-3-11-9-13(17-16-11)15-14(18)8-10-4-6-12(19-2)7-5-10/h4-7,9H,3,8H2,1-2H3,(H2,15,16,17,18). The van der Waals surface area contributed by atoms with Gasteiger partial charge in [0, 0.05) is 11.8 Å². The summed E-state index contributed by atoms with van der Waals surface area (Å²) in [5, 5.41) is 9.64. The Morgan fingerprint density at radius 1 is 1.37 bits per heavy atom. The molecule has 0 saturated heterocycles. The molecule has 5 heteroatoms. The van der Waals surface area contributed by atoms with Gasteiger partial charge in [0.25, 0.3) is 0 Å². The van der Waals surface area contributed by atoms with Gasteiger partial charge in [-0.15, -0.1) is 0 Å². The lowest BCUT2D eigenvalue weighted by Crippen LogP contribution is -2.14. The van der Waals surface area contributed by atoms with Crippen LogP contribution in [0.5, 0.6) is 5.75 Å². The smallest absolute Gasteiger partial charge is 0.229 e. The number of aromatic amines is 1. The third-order valence-corrected chi connectivity index (χ3v) is 2.80. The molecule has 1 heterocycles. The van der Waals surface area contributed by atoms with Crippen LogP contribution < -0.4 is 10.1 Å². The topological polar surface area (TPSA) is 67.0 Å². The number of aromatic nitrogens is 2. The second-order valence-electron chi connectivity index (χ2n) is 4.21. The van der Waals surface area contributed by atoms with Crippen LogP contribution in [0.1, 0.15) is 18.2 Å². The van der Waals surface area contributed by atoms with Crippen molar-refractivity contribution in [1.29, 1.82) is 0 Å². The summed E-state index contributed by atoms with van der Waals surface area (Å²) in [5.41, 5.74) is 1.93. The lowest BCUT2D eigenvalue weighted by atomic mass is 10.1. The number of rotatable bonds is 5. The highest BCUT2D eigenvalue weighted by Crippen LogP contribution is 2.12. The van der Waals surface area contributed by atoms with E-state index in [1.54, 1.807) is 7.11 Å². The predicted octanol–water partition coefficient (Wildman–Crippen LogP) is 2.16. The lowest BCUT2D eigenvalue weighted by molar-refractivity contribution is -0.115. The van der Waals surface area contributed by atoms with Crippen molar-refractivity contribution in [3.05, 3.63) is 41.6 Å². The first-order valence-electron chi connectivity index (χ1n) is 6.18. The number of hydrogen-bond donors (Lipinski definition) is 2. The van der Waals surface area contributed by atoms with Crippen LogP contribution in [0.15, 0.2) is 30.3 Å². The summed E-state index contributed by atoms with van der Waals surface area (Å²) in [6.45, 7) is 2.02. The molecule has 0 saturated carbocycles. The van der Waals surface area contributed by atoms with Crippen LogP contribution in [0.3, 0.4) is 0 Å². The highest BCUT2D eigenvalue weighted by atomic mass is 16.5. The minimum atomic E-state index is -0.0840. The van der Waals surface area contributed by atoms with Gasteiger partial charge in [-0.1, -0.05) is 19.1 Å². The van der Waals surface area contributed by atoms with E-state index in [9.17, 15) is 4.79 Å². The molecule has 19 heavy (non-hydrogen) atoms. The molecule has 1 aromatic carbocycles. The van der Waals surface area contributed by atoms with Gasteiger partial charge in [-0.05, 0) is 24.1 Å². The summed E-state index contributed by atoms with van der Waals surface area (Å²) < 4.78 is 5.07. The van der Waals surface area contributed by atoms with Crippen molar-refractivity contribution in [1.82, 2.24) is 10.2 Å². The summed E-state index contributed by atoms with van der Waals surface area (Å²) in [7, 11) is 1.62. The van der Waals surface area contributed by atoms with Gasteiger partial charge in [-0.3, -0.25) is 9.89 Å². The van der Waals surface area contributed by atoms with Gasteiger partial charge >= 0.3 is 0 Å². The van der Waals surface area contributed by atoms with E-state index in [1.165, 1.54) is 0 Å². The molecule has 0 aliphatic rings. The van der Waals surface area contributed by atoms with E-state index >= 15 is 0 Å². The maximum atomic E-state index is 11.8. The van der Waals surface area contributed by atoms with Crippen molar-refractivity contribution in [3.8, 4) is 5.75 Å². The van der Waals surface area contributed by atoms with Crippen LogP contribution in [0.4, 0.5) is 5.82 Å². The number of methoxy groups -OCH3 is 1. The number of ether oxygens (including phenoxy) is 1. The van der Waals surface area contributed by atoms with Gasteiger partial charge in [-0.25, -0.2) is 0 Å². The van der Waals surface area contributed by atoms with Crippen molar-refractivity contribution in [2.45, 2.75) is 19.8 Å². The number of carbonyl (C=O) groups is 1. The molecule has 1 aromatic heterocycles. The van der Waals surface area contributed by atoms with E-state index in [1.807, 2.05) is 37.3 Å².